The van der Waals surface area contributed by atoms with Crippen LogP contribution in [-0.4, -0.2) is 28.8 Å². The molecule has 0 aliphatic heterocycles. The fourth-order valence-corrected chi connectivity index (χ4v) is 1.95. The van der Waals surface area contributed by atoms with Crippen LogP contribution in [0.5, 0.6) is 0 Å². The van der Waals surface area contributed by atoms with Gasteiger partial charge in [-0.2, -0.15) is 0 Å². The van der Waals surface area contributed by atoms with Crippen LogP contribution < -0.4 is 10.6 Å². The summed E-state index contributed by atoms with van der Waals surface area (Å²) in [6.45, 7) is 6.24. The van der Waals surface area contributed by atoms with E-state index >= 15 is 0 Å². The first-order valence-corrected chi connectivity index (χ1v) is 6.41. The third-order valence-electron chi connectivity index (χ3n) is 2.59. The summed E-state index contributed by atoms with van der Waals surface area (Å²) in [5.41, 5.74) is 0. The molecular weight excluding hydrogens is 238 g/mol. The van der Waals surface area contributed by atoms with Gasteiger partial charge in [0.25, 0.3) is 0 Å². The first-order valence-electron chi connectivity index (χ1n) is 5.59. The third kappa shape index (κ3) is 4.70. The average molecular weight is 257 g/mol. The number of nitrogens with zero attached hydrogens (tertiary/aromatic N) is 1. The number of amides is 2. The maximum Gasteiger partial charge on any atom is 0.315 e. The lowest BCUT2D eigenvalue weighted by molar-refractivity contribution is 0.200. The summed E-state index contributed by atoms with van der Waals surface area (Å²) in [7, 11) is 0. The molecule has 0 spiro atoms. The molecule has 1 rings (SSSR count). The molecule has 1 aromatic heterocycles. The highest BCUT2D eigenvalue weighted by molar-refractivity contribution is 7.11. The molecule has 0 aliphatic rings. The number of urea groups is 1. The Kier molecular flexibility index (Phi) is 5.37. The van der Waals surface area contributed by atoms with Crippen LogP contribution >= 0.6 is 11.3 Å². The lowest BCUT2D eigenvalue weighted by Gasteiger charge is -2.19. The molecule has 0 saturated carbocycles. The fraction of sp³-hybridized carbons (Fsp3) is 0.636. The van der Waals surface area contributed by atoms with E-state index in [0.717, 1.165) is 9.88 Å². The third-order valence-corrected chi connectivity index (χ3v) is 3.51. The standard InChI is InChI=1S/C11H19N3O2S/c1-7(6-15)8(2)14-11(16)13-5-10-4-12-9(3)17-10/h4,7-8,15H,5-6H2,1-3H3,(H2,13,14,16). The Morgan fingerprint density at radius 3 is 2.82 bits per heavy atom. The molecule has 0 saturated heterocycles. The minimum absolute atomic E-state index is 0.0476. The number of aliphatic hydroxyl groups is 1. The Bertz CT molecular complexity index is 367. The average Bonchev–Trinajstić information content (AvgIpc) is 2.71. The van der Waals surface area contributed by atoms with Crippen LogP contribution in [-0.2, 0) is 6.54 Å². The van der Waals surface area contributed by atoms with Gasteiger partial charge in [0, 0.05) is 23.7 Å². The van der Waals surface area contributed by atoms with Crippen molar-refractivity contribution in [3.63, 3.8) is 0 Å². The van der Waals surface area contributed by atoms with Crippen LogP contribution in [0.4, 0.5) is 4.79 Å². The van der Waals surface area contributed by atoms with E-state index < -0.39 is 0 Å². The predicted molar refractivity (Wildman–Crippen MR) is 67.9 cm³/mol. The van der Waals surface area contributed by atoms with Crippen molar-refractivity contribution in [2.24, 2.45) is 5.92 Å². The second kappa shape index (κ2) is 6.56. The van der Waals surface area contributed by atoms with Crippen LogP contribution in [0.15, 0.2) is 6.20 Å². The van der Waals surface area contributed by atoms with Crippen LogP contribution in [0.25, 0.3) is 0 Å². The van der Waals surface area contributed by atoms with Gasteiger partial charge in [0.2, 0.25) is 0 Å². The molecule has 3 N–H and O–H groups in total. The van der Waals surface area contributed by atoms with E-state index in [9.17, 15) is 4.79 Å². The van der Waals surface area contributed by atoms with Crippen molar-refractivity contribution < 1.29 is 9.90 Å². The van der Waals surface area contributed by atoms with Crippen molar-refractivity contribution >= 4 is 17.4 Å². The molecule has 0 radical (unpaired) electrons. The second-order valence-corrected chi connectivity index (χ2v) is 5.44. The second-order valence-electron chi connectivity index (χ2n) is 4.12. The zero-order chi connectivity index (χ0) is 12.8. The van der Waals surface area contributed by atoms with E-state index in [4.69, 9.17) is 5.11 Å². The maximum atomic E-state index is 11.5. The molecule has 96 valence electrons. The summed E-state index contributed by atoms with van der Waals surface area (Å²) >= 11 is 1.57. The number of nitrogens with one attached hydrogen (secondary N) is 2. The molecular formula is C11H19N3O2S. The molecule has 1 aromatic rings. The first kappa shape index (κ1) is 13.9. The predicted octanol–water partition coefficient (Wildman–Crippen LogP) is 1.27. The Morgan fingerprint density at radius 1 is 1.59 bits per heavy atom. The number of thiazole rings is 1. The minimum atomic E-state index is -0.219. The van der Waals surface area contributed by atoms with E-state index in [0.29, 0.717) is 6.54 Å². The Morgan fingerprint density at radius 2 is 2.29 bits per heavy atom. The van der Waals surface area contributed by atoms with Gasteiger partial charge in [-0.15, -0.1) is 11.3 Å². The summed E-state index contributed by atoms with van der Waals surface area (Å²) in [6, 6.07) is -0.271. The number of carbonyl (C=O) groups is 1. The highest BCUT2D eigenvalue weighted by Crippen LogP contribution is 2.10. The van der Waals surface area contributed by atoms with Crippen molar-refractivity contribution in [3.05, 3.63) is 16.1 Å². The smallest absolute Gasteiger partial charge is 0.315 e. The van der Waals surface area contributed by atoms with E-state index in [1.165, 1.54) is 0 Å². The van der Waals surface area contributed by atoms with Gasteiger partial charge in [-0.25, -0.2) is 9.78 Å². The van der Waals surface area contributed by atoms with Gasteiger partial charge in [0.1, 0.15) is 0 Å². The Labute approximate surface area is 105 Å². The summed E-state index contributed by atoms with van der Waals surface area (Å²) < 4.78 is 0. The van der Waals surface area contributed by atoms with Crippen molar-refractivity contribution in [1.82, 2.24) is 15.6 Å². The topological polar surface area (TPSA) is 74.2 Å². The molecule has 5 nitrogen and oxygen atoms in total. The summed E-state index contributed by atoms with van der Waals surface area (Å²) in [5.74, 6) is 0.0476. The summed E-state index contributed by atoms with van der Waals surface area (Å²) in [6.07, 6.45) is 1.76. The Hall–Kier alpha value is -1.14. The largest absolute Gasteiger partial charge is 0.396 e. The van der Waals surface area contributed by atoms with E-state index in [2.05, 4.69) is 15.6 Å². The molecule has 1 heterocycles. The number of aryl methyl sites for hydroxylation is 1. The van der Waals surface area contributed by atoms with Crippen molar-refractivity contribution in [3.8, 4) is 0 Å². The lowest BCUT2D eigenvalue weighted by atomic mass is 10.1. The monoisotopic (exact) mass is 257 g/mol. The number of aromatic nitrogens is 1. The first-order chi connectivity index (χ1) is 8.02. The number of aliphatic hydroxyl groups excluding tert-OH is 1. The van der Waals surface area contributed by atoms with Gasteiger partial charge in [-0.3, -0.25) is 0 Å². The van der Waals surface area contributed by atoms with E-state index in [1.807, 2.05) is 20.8 Å². The highest BCUT2D eigenvalue weighted by atomic mass is 32.1. The van der Waals surface area contributed by atoms with E-state index in [-0.39, 0.29) is 24.6 Å². The summed E-state index contributed by atoms with van der Waals surface area (Å²) in [5, 5.41) is 15.5. The van der Waals surface area contributed by atoms with Gasteiger partial charge >= 0.3 is 6.03 Å². The Balaban J connectivity index is 2.30. The summed E-state index contributed by atoms with van der Waals surface area (Å²) in [4.78, 5) is 16.7. The maximum absolute atomic E-state index is 11.5. The van der Waals surface area contributed by atoms with Crippen LogP contribution in [0, 0.1) is 12.8 Å². The molecule has 2 atom stereocenters. The van der Waals surface area contributed by atoms with E-state index in [1.54, 1.807) is 17.5 Å². The number of hydrogen-bond donors (Lipinski definition) is 3. The number of hydrogen-bond acceptors (Lipinski definition) is 4. The van der Waals surface area contributed by atoms with Crippen LogP contribution in [0.2, 0.25) is 0 Å². The molecule has 2 amide bonds. The normalized spacial score (nSPS) is 14.1. The van der Waals surface area contributed by atoms with Crippen molar-refractivity contribution in [2.75, 3.05) is 6.61 Å². The number of rotatable bonds is 5. The SMILES string of the molecule is Cc1ncc(CNC(=O)NC(C)C(C)CO)s1. The minimum Gasteiger partial charge on any atom is -0.396 e. The molecule has 0 aromatic carbocycles. The number of carbonyl (C=O) groups excluding carboxylic acids is 1. The zero-order valence-electron chi connectivity index (χ0n) is 10.4. The molecule has 0 fully saturated rings. The van der Waals surface area contributed by atoms with Gasteiger partial charge in [-0.05, 0) is 19.8 Å². The van der Waals surface area contributed by atoms with Crippen LogP contribution in [0.3, 0.4) is 0 Å². The molecule has 2 unspecified atom stereocenters. The van der Waals surface area contributed by atoms with Gasteiger partial charge in [-0.1, -0.05) is 6.92 Å². The quantitative estimate of drug-likeness (QED) is 0.743. The van der Waals surface area contributed by atoms with Crippen molar-refractivity contribution in [2.45, 2.75) is 33.4 Å². The van der Waals surface area contributed by atoms with Gasteiger partial charge in [0.15, 0.2) is 0 Å². The zero-order valence-corrected chi connectivity index (χ0v) is 11.2. The molecule has 0 aliphatic carbocycles. The lowest BCUT2D eigenvalue weighted by Crippen LogP contribution is -2.43. The van der Waals surface area contributed by atoms with Crippen molar-refractivity contribution in [1.29, 1.82) is 0 Å². The fourth-order valence-electron chi connectivity index (χ4n) is 1.21. The molecule has 0 bridgehead atoms. The van der Waals surface area contributed by atoms with Gasteiger partial charge < -0.3 is 15.7 Å². The van der Waals surface area contributed by atoms with Crippen LogP contribution in [0.1, 0.15) is 23.7 Å². The van der Waals surface area contributed by atoms with Gasteiger partial charge in [0.05, 0.1) is 11.6 Å². The molecule has 17 heavy (non-hydrogen) atoms. The highest BCUT2D eigenvalue weighted by Gasteiger charge is 2.13. The molecule has 6 heteroatoms.